The van der Waals surface area contributed by atoms with Crippen LogP contribution in [0.15, 0.2) is 60.8 Å². The van der Waals surface area contributed by atoms with Gasteiger partial charge in [0.2, 0.25) is 0 Å². The number of phosphoric ester groups is 1. The van der Waals surface area contributed by atoms with Gasteiger partial charge < -0.3 is 24.6 Å². The maximum Gasteiger partial charge on any atom is 0.472 e. The molecule has 0 spiro atoms. The highest BCUT2D eigenvalue weighted by molar-refractivity contribution is 7.47. The summed E-state index contributed by atoms with van der Waals surface area (Å²) in [5, 5.41) is 18.4. The van der Waals surface area contributed by atoms with Crippen LogP contribution in [-0.4, -0.2) is 65.7 Å². The molecule has 342 valence electrons. The number of aliphatic hydroxyl groups is 2. The molecule has 0 amide bonds. The van der Waals surface area contributed by atoms with Crippen LogP contribution in [-0.2, 0) is 32.7 Å². The number of carbonyl (C=O) groups excluding carboxylic acids is 2. The van der Waals surface area contributed by atoms with Crippen LogP contribution in [0.1, 0.15) is 194 Å². The lowest BCUT2D eigenvalue weighted by atomic mass is 10.1. The average Bonchev–Trinajstić information content (AvgIpc) is 3.22. The number of carbonyl (C=O) groups is 2. The van der Waals surface area contributed by atoms with Crippen LogP contribution < -0.4 is 0 Å². The second-order valence-corrected chi connectivity index (χ2v) is 16.9. The van der Waals surface area contributed by atoms with Crippen molar-refractivity contribution in [2.45, 2.75) is 206 Å². The van der Waals surface area contributed by atoms with E-state index >= 15 is 0 Å². The first-order chi connectivity index (χ1) is 28.7. The number of hydrogen-bond acceptors (Lipinski definition) is 9. The lowest BCUT2D eigenvalue weighted by Gasteiger charge is -2.20. The average molecular weight is 853 g/mol. The Morgan fingerprint density at radius 1 is 0.508 bits per heavy atom. The van der Waals surface area contributed by atoms with Gasteiger partial charge in [-0.2, -0.15) is 0 Å². The monoisotopic (exact) mass is 853 g/mol. The molecular weight excluding hydrogens is 767 g/mol. The molecule has 0 aromatic heterocycles. The van der Waals surface area contributed by atoms with E-state index in [4.69, 9.17) is 23.6 Å². The molecule has 0 aromatic rings. The quantitative estimate of drug-likeness (QED) is 0.0234. The predicted molar refractivity (Wildman–Crippen MR) is 242 cm³/mol. The van der Waals surface area contributed by atoms with Crippen LogP contribution in [0.4, 0.5) is 0 Å². The van der Waals surface area contributed by atoms with Crippen molar-refractivity contribution in [3.05, 3.63) is 60.8 Å². The molecule has 0 aliphatic heterocycles. The molecule has 0 heterocycles. The second kappa shape index (κ2) is 43.7. The number of esters is 2. The third-order valence-corrected chi connectivity index (χ3v) is 10.6. The maximum absolute atomic E-state index is 12.6. The number of allylic oxidation sites excluding steroid dienone is 10. The minimum Gasteiger partial charge on any atom is -0.462 e. The summed E-state index contributed by atoms with van der Waals surface area (Å²) in [6.45, 7) is 2.29. The van der Waals surface area contributed by atoms with E-state index in [-0.39, 0.29) is 19.4 Å². The standard InChI is InChI=1S/C48H85O10P/c1-3-5-7-9-11-13-15-17-19-21-22-24-26-28-30-32-34-36-38-40-48(52)58-46(44-57-59(53,54)56-42-45(50)41-49)43-55-47(51)39-37-35-33-31-29-27-25-23-20-18-16-14-12-10-8-6-4-2/h11,13,17-20,25,27,31,33,45-46,49-50H,3-10,12,14-16,21-24,26,28-30,32,34-44H2,1-2H3,(H,53,54)/b13-11+,19-17+,20-18+,27-25+,33-31+/t45-,46+/m0/s1. The Hall–Kier alpha value is -2.33. The zero-order valence-electron chi connectivity index (χ0n) is 37.2. The Balaban J connectivity index is 4.34. The van der Waals surface area contributed by atoms with Crippen molar-refractivity contribution >= 4 is 19.8 Å². The molecule has 0 aliphatic rings. The molecule has 59 heavy (non-hydrogen) atoms. The highest BCUT2D eigenvalue weighted by atomic mass is 31.2. The lowest BCUT2D eigenvalue weighted by molar-refractivity contribution is -0.161. The molecule has 3 N–H and O–H groups in total. The molecule has 0 saturated heterocycles. The van der Waals surface area contributed by atoms with Gasteiger partial charge >= 0.3 is 19.8 Å². The van der Waals surface area contributed by atoms with E-state index in [2.05, 4.69) is 68.5 Å². The Kier molecular flexibility index (Phi) is 42.0. The van der Waals surface area contributed by atoms with Crippen LogP contribution >= 0.6 is 7.82 Å². The van der Waals surface area contributed by atoms with Crippen LogP contribution in [0.5, 0.6) is 0 Å². The summed E-state index contributed by atoms with van der Waals surface area (Å²) >= 11 is 0. The zero-order chi connectivity index (χ0) is 43.3. The van der Waals surface area contributed by atoms with Gasteiger partial charge in [0.15, 0.2) is 6.10 Å². The molecule has 11 heteroatoms. The fraction of sp³-hybridized carbons (Fsp3) is 0.750. The van der Waals surface area contributed by atoms with Crippen molar-refractivity contribution in [2.24, 2.45) is 0 Å². The van der Waals surface area contributed by atoms with E-state index in [1.54, 1.807) is 0 Å². The summed E-state index contributed by atoms with van der Waals surface area (Å²) in [7, 11) is -4.63. The van der Waals surface area contributed by atoms with Gasteiger partial charge in [0.25, 0.3) is 0 Å². The molecular formula is C48H85O10P. The molecule has 0 bridgehead atoms. The predicted octanol–water partition coefficient (Wildman–Crippen LogP) is 12.7. The van der Waals surface area contributed by atoms with E-state index in [1.807, 2.05) is 6.08 Å². The minimum absolute atomic E-state index is 0.167. The molecule has 1 unspecified atom stereocenters. The Morgan fingerprint density at radius 3 is 1.41 bits per heavy atom. The van der Waals surface area contributed by atoms with Crippen molar-refractivity contribution in [3.63, 3.8) is 0 Å². The van der Waals surface area contributed by atoms with Crippen molar-refractivity contribution in [2.75, 3.05) is 26.4 Å². The SMILES string of the molecule is CCCCC/C=C/C/C=C/CCCCCCCCCCCC(=O)O[C@H](COC(=O)CCC/C=C/C/C=C/C/C=C/CCCCCCCC)COP(=O)(O)OC[C@@H](O)CO. The van der Waals surface area contributed by atoms with E-state index in [0.717, 1.165) is 51.4 Å². The smallest absolute Gasteiger partial charge is 0.462 e. The Labute approximate surface area is 359 Å². The number of rotatable bonds is 43. The van der Waals surface area contributed by atoms with Crippen molar-refractivity contribution in [1.82, 2.24) is 0 Å². The summed E-state index contributed by atoms with van der Waals surface area (Å²) in [5.41, 5.74) is 0. The number of ether oxygens (including phenoxy) is 2. The van der Waals surface area contributed by atoms with Gasteiger partial charge in [0.1, 0.15) is 12.7 Å². The largest absolute Gasteiger partial charge is 0.472 e. The zero-order valence-corrected chi connectivity index (χ0v) is 38.1. The van der Waals surface area contributed by atoms with Gasteiger partial charge in [0, 0.05) is 12.8 Å². The van der Waals surface area contributed by atoms with E-state index in [9.17, 15) is 24.2 Å². The van der Waals surface area contributed by atoms with Crippen LogP contribution in [0, 0.1) is 0 Å². The van der Waals surface area contributed by atoms with Crippen LogP contribution in [0.25, 0.3) is 0 Å². The summed E-state index contributed by atoms with van der Waals surface area (Å²) < 4.78 is 32.7. The van der Waals surface area contributed by atoms with Gasteiger partial charge in [-0.1, -0.05) is 164 Å². The topological polar surface area (TPSA) is 149 Å². The molecule has 0 fully saturated rings. The van der Waals surface area contributed by atoms with E-state index in [1.165, 1.54) is 96.3 Å². The molecule has 0 aliphatic carbocycles. The summed E-state index contributed by atoms with van der Waals surface area (Å²) in [5.74, 6) is -0.991. The number of phosphoric acid groups is 1. The lowest BCUT2D eigenvalue weighted by Crippen LogP contribution is -2.29. The van der Waals surface area contributed by atoms with Crippen LogP contribution in [0.3, 0.4) is 0 Å². The number of hydrogen-bond donors (Lipinski definition) is 3. The Bertz CT molecular complexity index is 1160. The molecule has 0 aromatic carbocycles. The molecule has 0 rings (SSSR count). The van der Waals surface area contributed by atoms with Gasteiger partial charge in [-0.25, -0.2) is 4.57 Å². The first-order valence-corrected chi connectivity index (χ1v) is 24.7. The van der Waals surface area contributed by atoms with E-state index in [0.29, 0.717) is 19.3 Å². The summed E-state index contributed by atoms with van der Waals surface area (Å²) in [4.78, 5) is 35.0. The fourth-order valence-corrected chi connectivity index (χ4v) is 6.83. The first kappa shape index (κ1) is 56.7. The number of aliphatic hydroxyl groups excluding tert-OH is 2. The minimum atomic E-state index is -4.63. The third-order valence-electron chi connectivity index (χ3n) is 9.64. The first-order valence-electron chi connectivity index (χ1n) is 23.2. The fourth-order valence-electron chi connectivity index (χ4n) is 6.04. The highest BCUT2D eigenvalue weighted by Gasteiger charge is 2.27. The van der Waals surface area contributed by atoms with Crippen molar-refractivity contribution < 1.29 is 47.8 Å². The highest BCUT2D eigenvalue weighted by Crippen LogP contribution is 2.43. The van der Waals surface area contributed by atoms with E-state index < -0.39 is 51.8 Å². The van der Waals surface area contributed by atoms with Gasteiger partial charge in [-0.15, -0.1) is 0 Å². The third kappa shape index (κ3) is 43.6. The van der Waals surface area contributed by atoms with Gasteiger partial charge in [-0.3, -0.25) is 18.6 Å². The molecule has 0 saturated carbocycles. The maximum atomic E-state index is 12.6. The normalized spacial score (nSPS) is 14.3. The van der Waals surface area contributed by atoms with Crippen LogP contribution in [0.2, 0.25) is 0 Å². The van der Waals surface area contributed by atoms with Gasteiger partial charge in [0.05, 0.1) is 19.8 Å². The van der Waals surface area contributed by atoms with Crippen molar-refractivity contribution in [1.29, 1.82) is 0 Å². The molecule has 10 nitrogen and oxygen atoms in total. The Morgan fingerprint density at radius 2 is 0.898 bits per heavy atom. The summed E-state index contributed by atoms with van der Waals surface area (Å²) in [6, 6.07) is 0. The molecule has 3 atom stereocenters. The number of unbranched alkanes of at least 4 members (excludes halogenated alkanes) is 19. The second-order valence-electron chi connectivity index (χ2n) is 15.4. The molecule has 0 radical (unpaired) electrons. The van der Waals surface area contributed by atoms with Crippen molar-refractivity contribution in [3.8, 4) is 0 Å². The van der Waals surface area contributed by atoms with Gasteiger partial charge in [-0.05, 0) is 77.0 Å². The summed E-state index contributed by atoms with van der Waals surface area (Å²) in [6.07, 6.45) is 49.0.